The second-order valence-corrected chi connectivity index (χ2v) is 6.55. The highest BCUT2D eigenvalue weighted by Crippen LogP contribution is 2.25. The fourth-order valence-electron chi connectivity index (χ4n) is 3.43. The van der Waals surface area contributed by atoms with Gasteiger partial charge in [-0.25, -0.2) is 4.68 Å². The van der Waals surface area contributed by atoms with Crippen molar-refractivity contribution in [1.82, 2.24) is 25.2 Å². The molecule has 7 heteroatoms. The minimum atomic E-state index is -0.141. The van der Waals surface area contributed by atoms with Gasteiger partial charge >= 0.3 is 0 Å². The highest BCUT2D eigenvalue weighted by molar-refractivity contribution is 6.00. The monoisotopic (exact) mass is 355 g/mol. The summed E-state index contributed by atoms with van der Waals surface area (Å²) >= 11 is 0. The third-order valence-corrected chi connectivity index (χ3v) is 4.86. The Morgan fingerprint density at radius 1 is 1.46 bits per heavy atom. The van der Waals surface area contributed by atoms with Crippen molar-refractivity contribution >= 4 is 16.9 Å². The van der Waals surface area contributed by atoms with Crippen LogP contribution in [0.2, 0.25) is 0 Å². The van der Waals surface area contributed by atoms with E-state index in [1.165, 1.54) is 6.42 Å². The predicted molar refractivity (Wildman–Crippen MR) is 100 cm³/mol. The summed E-state index contributed by atoms with van der Waals surface area (Å²) < 4.78 is 7.06. The molecule has 1 N–H and O–H groups in total. The van der Waals surface area contributed by atoms with Gasteiger partial charge in [0, 0.05) is 18.7 Å². The molecule has 1 fully saturated rings. The number of hydrogen-bond acceptors (Lipinski definition) is 5. The van der Waals surface area contributed by atoms with E-state index in [2.05, 4.69) is 33.4 Å². The van der Waals surface area contributed by atoms with Crippen molar-refractivity contribution in [3.05, 3.63) is 17.7 Å². The quantitative estimate of drug-likeness (QED) is 0.826. The molecule has 1 aliphatic heterocycles. The van der Waals surface area contributed by atoms with Crippen molar-refractivity contribution in [3.8, 4) is 18.1 Å². The second kappa shape index (κ2) is 8.19. The first kappa shape index (κ1) is 18.2. The molecule has 1 aliphatic rings. The number of amides is 1. The zero-order valence-electron chi connectivity index (χ0n) is 15.4. The zero-order chi connectivity index (χ0) is 18.5. The minimum absolute atomic E-state index is 0.141. The van der Waals surface area contributed by atoms with Gasteiger partial charge < -0.3 is 15.0 Å². The number of benzene rings is 1. The van der Waals surface area contributed by atoms with Crippen LogP contribution in [-0.2, 0) is 6.54 Å². The van der Waals surface area contributed by atoms with E-state index in [1.54, 1.807) is 23.9 Å². The first-order valence-corrected chi connectivity index (χ1v) is 9.04. The molecule has 26 heavy (non-hydrogen) atoms. The van der Waals surface area contributed by atoms with Gasteiger partial charge in [0.1, 0.15) is 17.8 Å². The zero-order valence-corrected chi connectivity index (χ0v) is 15.4. The van der Waals surface area contributed by atoms with Crippen molar-refractivity contribution in [2.24, 2.45) is 0 Å². The third kappa shape index (κ3) is 3.81. The van der Waals surface area contributed by atoms with E-state index < -0.39 is 0 Å². The number of methoxy groups -OCH3 is 1. The molecule has 7 nitrogen and oxygen atoms in total. The predicted octanol–water partition coefficient (Wildman–Crippen LogP) is 1.68. The molecule has 3 rings (SSSR count). The largest absolute Gasteiger partial charge is 0.496 e. The summed E-state index contributed by atoms with van der Waals surface area (Å²) in [5, 5.41) is 11.3. The summed E-state index contributed by atoms with van der Waals surface area (Å²) in [6, 6.07) is 3.63. The number of likely N-dealkylation sites (tertiary alicyclic amines) is 1. The molecule has 2 aromatic rings. The number of hydrogen-bond donors (Lipinski definition) is 1. The van der Waals surface area contributed by atoms with Crippen LogP contribution >= 0.6 is 0 Å². The highest BCUT2D eigenvalue weighted by atomic mass is 16.5. The molecular formula is C19H25N5O2. The number of nitrogens with one attached hydrogen (secondary N) is 1. The van der Waals surface area contributed by atoms with E-state index in [-0.39, 0.29) is 11.9 Å². The Balaban J connectivity index is 1.84. The number of carbonyl (C=O) groups is 1. The Bertz CT molecular complexity index is 823. The van der Waals surface area contributed by atoms with E-state index in [0.29, 0.717) is 23.4 Å². The van der Waals surface area contributed by atoms with Crippen LogP contribution in [0.15, 0.2) is 12.1 Å². The number of ether oxygens (including phenoxy) is 1. The van der Waals surface area contributed by atoms with Crippen LogP contribution in [0.1, 0.15) is 36.5 Å². The van der Waals surface area contributed by atoms with Crippen LogP contribution in [0, 0.1) is 12.3 Å². The van der Waals surface area contributed by atoms with Gasteiger partial charge in [0.05, 0.1) is 18.2 Å². The minimum Gasteiger partial charge on any atom is -0.496 e. The van der Waals surface area contributed by atoms with Gasteiger partial charge in [-0.05, 0) is 32.0 Å². The molecule has 138 valence electrons. The average molecular weight is 355 g/mol. The number of likely N-dealkylation sites (N-methyl/N-ethyl adjacent to an activating group) is 1. The first-order valence-electron chi connectivity index (χ1n) is 9.04. The Morgan fingerprint density at radius 3 is 3.04 bits per heavy atom. The third-order valence-electron chi connectivity index (χ3n) is 4.86. The lowest BCUT2D eigenvalue weighted by Crippen LogP contribution is -2.42. The fraction of sp³-hybridized carbons (Fsp3) is 0.526. The highest BCUT2D eigenvalue weighted by Gasteiger charge is 2.22. The molecular weight excluding hydrogens is 330 g/mol. The fourth-order valence-corrected chi connectivity index (χ4v) is 3.43. The normalized spacial score (nSPS) is 18.3. The van der Waals surface area contributed by atoms with E-state index in [0.717, 1.165) is 38.0 Å². The van der Waals surface area contributed by atoms with Crippen molar-refractivity contribution in [1.29, 1.82) is 0 Å². The van der Waals surface area contributed by atoms with Crippen molar-refractivity contribution in [2.75, 3.05) is 26.7 Å². The molecule has 1 saturated heterocycles. The van der Waals surface area contributed by atoms with Crippen LogP contribution in [0.5, 0.6) is 5.75 Å². The summed E-state index contributed by atoms with van der Waals surface area (Å²) in [4.78, 5) is 15.3. The molecule has 0 spiro atoms. The van der Waals surface area contributed by atoms with Crippen molar-refractivity contribution < 1.29 is 9.53 Å². The first-order chi connectivity index (χ1) is 12.7. The average Bonchev–Trinajstić information content (AvgIpc) is 2.89. The molecule has 0 radical (unpaired) electrons. The van der Waals surface area contributed by atoms with Crippen molar-refractivity contribution in [3.63, 3.8) is 0 Å². The maximum Gasteiger partial charge on any atom is 0.255 e. The smallest absolute Gasteiger partial charge is 0.255 e. The van der Waals surface area contributed by atoms with Gasteiger partial charge in [-0.15, -0.1) is 11.5 Å². The Kier molecular flexibility index (Phi) is 5.74. The summed E-state index contributed by atoms with van der Waals surface area (Å²) in [7, 11) is 1.55. The molecule has 0 bridgehead atoms. The van der Waals surface area contributed by atoms with E-state index in [9.17, 15) is 4.79 Å². The number of fused-ring (bicyclic) bond motifs is 1. The summed E-state index contributed by atoms with van der Waals surface area (Å²) in [5.41, 5.74) is 1.85. The SMILES string of the molecule is C#CCn1nnc2cc(C(=O)N[C@@H]3CCCCN(CC)C3)c(OC)cc21. The number of nitrogens with zero attached hydrogens (tertiary/aromatic N) is 4. The van der Waals surface area contributed by atoms with Crippen LogP contribution < -0.4 is 10.1 Å². The van der Waals surface area contributed by atoms with Crippen LogP contribution in [0.25, 0.3) is 11.0 Å². The molecule has 0 saturated carbocycles. The lowest BCUT2D eigenvalue weighted by Gasteiger charge is -2.23. The van der Waals surface area contributed by atoms with Gasteiger partial charge in [0.15, 0.2) is 0 Å². The lowest BCUT2D eigenvalue weighted by atomic mass is 10.1. The van der Waals surface area contributed by atoms with Gasteiger partial charge in [-0.1, -0.05) is 24.5 Å². The van der Waals surface area contributed by atoms with E-state index >= 15 is 0 Å². The number of terminal acetylenes is 1. The number of aromatic nitrogens is 3. The molecule has 1 atom stereocenters. The van der Waals surface area contributed by atoms with Crippen LogP contribution in [0.4, 0.5) is 0 Å². The lowest BCUT2D eigenvalue weighted by molar-refractivity contribution is 0.0924. The van der Waals surface area contributed by atoms with Crippen molar-refractivity contribution in [2.45, 2.75) is 38.8 Å². The standard InChI is InChI=1S/C19H25N5O2/c1-4-9-24-17-12-18(26-3)15(11-16(17)21-22-24)19(25)20-14-8-6-7-10-23(5-2)13-14/h1,11-12,14H,5-10,13H2,2-3H3,(H,20,25)/t14-/m1/s1. The van der Waals surface area contributed by atoms with E-state index in [4.69, 9.17) is 11.2 Å². The molecule has 1 amide bonds. The maximum atomic E-state index is 12.9. The van der Waals surface area contributed by atoms with Gasteiger partial charge in [-0.2, -0.15) is 0 Å². The maximum absolute atomic E-state index is 12.9. The molecule has 0 aliphatic carbocycles. The summed E-state index contributed by atoms with van der Waals surface area (Å²) in [6.45, 7) is 5.45. The number of carbonyl (C=O) groups excluding carboxylic acids is 1. The topological polar surface area (TPSA) is 72.3 Å². The van der Waals surface area contributed by atoms with Gasteiger partial charge in [-0.3, -0.25) is 4.79 Å². The Morgan fingerprint density at radius 2 is 2.31 bits per heavy atom. The van der Waals surface area contributed by atoms with Gasteiger partial charge in [0.25, 0.3) is 5.91 Å². The van der Waals surface area contributed by atoms with Crippen LogP contribution in [-0.4, -0.2) is 58.6 Å². The van der Waals surface area contributed by atoms with Gasteiger partial charge in [0.2, 0.25) is 0 Å². The second-order valence-electron chi connectivity index (χ2n) is 6.55. The molecule has 2 heterocycles. The Hall–Kier alpha value is -2.59. The van der Waals surface area contributed by atoms with Crippen LogP contribution in [0.3, 0.4) is 0 Å². The van der Waals surface area contributed by atoms with E-state index in [1.807, 2.05) is 0 Å². The summed E-state index contributed by atoms with van der Waals surface area (Å²) in [5.74, 6) is 2.90. The molecule has 0 unspecified atom stereocenters. The molecule has 1 aromatic heterocycles. The number of rotatable bonds is 5. The summed E-state index contributed by atoms with van der Waals surface area (Å²) in [6.07, 6.45) is 8.65. The Labute approximate surface area is 153 Å². The molecule has 1 aromatic carbocycles.